The highest BCUT2D eigenvalue weighted by Crippen LogP contribution is 2.04. The molecule has 3 nitrogen and oxygen atoms in total. The van der Waals surface area contributed by atoms with Gasteiger partial charge in [0.1, 0.15) is 6.61 Å². The maximum Gasteiger partial charge on any atom is 0.331 e. The predicted molar refractivity (Wildman–Crippen MR) is 42.3 cm³/mol. The van der Waals surface area contributed by atoms with Crippen LogP contribution in [0.25, 0.3) is 0 Å². The highest BCUT2D eigenvalue weighted by molar-refractivity contribution is 5.70. The van der Waals surface area contributed by atoms with Gasteiger partial charge in [-0.1, -0.05) is 13.8 Å². The van der Waals surface area contributed by atoms with Crippen molar-refractivity contribution in [2.45, 2.75) is 26.9 Å². The van der Waals surface area contributed by atoms with Crippen LogP contribution < -0.4 is 0 Å². The van der Waals surface area contributed by atoms with Crippen LogP contribution in [-0.4, -0.2) is 25.8 Å². The van der Waals surface area contributed by atoms with Gasteiger partial charge < -0.3 is 9.47 Å². The lowest BCUT2D eigenvalue weighted by Crippen LogP contribution is -2.20. The number of carbonyl (C=O) groups excluding carboxylic acids is 1. The minimum Gasteiger partial charge on any atom is -0.467 e. The van der Waals surface area contributed by atoms with Gasteiger partial charge in [-0.25, -0.2) is 4.79 Å². The largest absolute Gasteiger partial charge is 0.467 e. The van der Waals surface area contributed by atoms with E-state index in [1.165, 1.54) is 7.11 Å². The number of ether oxygens (including phenoxy) is 2. The smallest absolute Gasteiger partial charge is 0.331 e. The van der Waals surface area contributed by atoms with Crippen LogP contribution in [0.2, 0.25) is 0 Å². The maximum absolute atomic E-state index is 10.6. The fourth-order valence-electron chi connectivity index (χ4n) is 0.451. The van der Waals surface area contributed by atoms with Crippen LogP contribution in [0.1, 0.15) is 20.8 Å². The molecule has 0 aliphatic heterocycles. The van der Waals surface area contributed by atoms with Gasteiger partial charge >= 0.3 is 5.97 Å². The van der Waals surface area contributed by atoms with Crippen molar-refractivity contribution in [2.24, 2.45) is 5.92 Å². The third-order valence-corrected chi connectivity index (χ3v) is 1.63. The summed E-state index contributed by atoms with van der Waals surface area (Å²) in [6, 6.07) is 0. The first-order valence-electron chi connectivity index (χ1n) is 3.76. The second-order valence-corrected chi connectivity index (χ2v) is 2.84. The summed E-state index contributed by atoms with van der Waals surface area (Å²) in [6.07, 6.45) is 0.106. The molecule has 0 saturated carbocycles. The molecule has 11 heavy (non-hydrogen) atoms. The number of hydrogen-bond donors (Lipinski definition) is 0. The van der Waals surface area contributed by atoms with E-state index in [4.69, 9.17) is 4.74 Å². The molecule has 0 amide bonds. The predicted octanol–water partition coefficient (Wildman–Crippen LogP) is 1.22. The highest BCUT2D eigenvalue weighted by atomic mass is 16.6. The number of methoxy groups -OCH3 is 1. The molecule has 0 aliphatic carbocycles. The first kappa shape index (κ1) is 10.4. The Morgan fingerprint density at radius 2 is 1.91 bits per heavy atom. The first-order valence-corrected chi connectivity index (χ1v) is 3.76. The Morgan fingerprint density at radius 3 is 2.27 bits per heavy atom. The molecule has 0 aromatic heterocycles. The van der Waals surface area contributed by atoms with Gasteiger partial charge in [-0.15, -0.1) is 0 Å². The van der Waals surface area contributed by atoms with E-state index in [9.17, 15) is 4.79 Å². The van der Waals surface area contributed by atoms with Gasteiger partial charge in [-0.3, -0.25) is 0 Å². The zero-order valence-corrected chi connectivity index (χ0v) is 7.59. The molecule has 0 bridgehead atoms. The minimum absolute atomic E-state index is 0.0514. The molecule has 3 heteroatoms. The van der Waals surface area contributed by atoms with E-state index in [2.05, 4.69) is 4.74 Å². The van der Waals surface area contributed by atoms with Crippen molar-refractivity contribution in [3.05, 3.63) is 0 Å². The lowest BCUT2D eigenvalue weighted by molar-refractivity contribution is -0.148. The van der Waals surface area contributed by atoms with E-state index in [-0.39, 0.29) is 18.7 Å². The van der Waals surface area contributed by atoms with Crippen LogP contribution in [0.5, 0.6) is 0 Å². The Labute approximate surface area is 67.7 Å². The van der Waals surface area contributed by atoms with Gasteiger partial charge in [0.25, 0.3) is 0 Å². The topological polar surface area (TPSA) is 35.5 Å². The standard InChI is InChI=1S/C8H16O3/c1-6(2)7(3)11-5-8(9)10-4/h6-7H,5H2,1-4H3. The third kappa shape index (κ3) is 4.79. The second kappa shape index (κ2) is 5.13. The Hall–Kier alpha value is -0.570. The fraction of sp³-hybridized carbons (Fsp3) is 0.875. The molecule has 0 radical (unpaired) electrons. The van der Waals surface area contributed by atoms with Gasteiger partial charge in [-0.2, -0.15) is 0 Å². The van der Waals surface area contributed by atoms with Crippen LogP contribution in [0.4, 0.5) is 0 Å². The normalized spacial score (nSPS) is 13.2. The van der Waals surface area contributed by atoms with Crippen molar-refractivity contribution in [2.75, 3.05) is 13.7 Å². The van der Waals surface area contributed by atoms with Crippen molar-refractivity contribution >= 4 is 5.97 Å². The number of hydrogen-bond acceptors (Lipinski definition) is 3. The summed E-state index contributed by atoms with van der Waals surface area (Å²) in [5.41, 5.74) is 0. The Balaban J connectivity index is 3.45. The molecule has 0 aliphatic rings. The van der Waals surface area contributed by atoms with E-state index in [0.29, 0.717) is 5.92 Å². The Kier molecular flexibility index (Phi) is 4.86. The maximum atomic E-state index is 10.6. The van der Waals surface area contributed by atoms with Crippen molar-refractivity contribution in [1.82, 2.24) is 0 Å². The number of carbonyl (C=O) groups is 1. The summed E-state index contributed by atoms with van der Waals surface area (Å²) in [5, 5.41) is 0. The van der Waals surface area contributed by atoms with Crippen molar-refractivity contribution in [3.63, 3.8) is 0 Å². The molecule has 0 saturated heterocycles. The lowest BCUT2D eigenvalue weighted by Gasteiger charge is -2.15. The van der Waals surface area contributed by atoms with Crippen LogP contribution in [0.3, 0.4) is 0 Å². The van der Waals surface area contributed by atoms with Crippen molar-refractivity contribution < 1.29 is 14.3 Å². The van der Waals surface area contributed by atoms with E-state index in [1.54, 1.807) is 0 Å². The molecular formula is C8H16O3. The molecule has 1 unspecified atom stereocenters. The van der Waals surface area contributed by atoms with Gasteiger partial charge in [0.2, 0.25) is 0 Å². The molecule has 1 atom stereocenters. The molecule has 66 valence electrons. The van der Waals surface area contributed by atoms with Crippen molar-refractivity contribution in [1.29, 1.82) is 0 Å². The van der Waals surface area contributed by atoms with Crippen LogP contribution >= 0.6 is 0 Å². The van der Waals surface area contributed by atoms with Gasteiger partial charge in [0, 0.05) is 0 Å². The Morgan fingerprint density at radius 1 is 1.36 bits per heavy atom. The van der Waals surface area contributed by atoms with E-state index < -0.39 is 0 Å². The highest BCUT2D eigenvalue weighted by Gasteiger charge is 2.09. The minimum atomic E-state index is -0.322. The van der Waals surface area contributed by atoms with Gasteiger partial charge in [0.05, 0.1) is 13.2 Å². The average molecular weight is 160 g/mol. The van der Waals surface area contributed by atoms with E-state index >= 15 is 0 Å². The summed E-state index contributed by atoms with van der Waals surface area (Å²) in [7, 11) is 1.35. The molecule has 0 fully saturated rings. The van der Waals surface area contributed by atoms with Crippen LogP contribution in [0, 0.1) is 5.92 Å². The lowest BCUT2D eigenvalue weighted by atomic mass is 10.1. The summed E-state index contributed by atoms with van der Waals surface area (Å²) >= 11 is 0. The summed E-state index contributed by atoms with van der Waals surface area (Å²) in [4.78, 5) is 10.6. The quantitative estimate of drug-likeness (QED) is 0.580. The first-order chi connectivity index (χ1) is 5.07. The second-order valence-electron chi connectivity index (χ2n) is 2.84. The SMILES string of the molecule is COC(=O)COC(C)C(C)C. The zero-order valence-electron chi connectivity index (χ0n) is 7.59. The molecular weight excluding hydrogens is 144 g/mol. The fourth-order valence-corrected chi connectivity index (χ4v) is 0.451. The zero-order chi connectivity index (χ0) is 8.85. The Bertz CT molecular complexity index is 121. The molecule has 0 heterocycles. The molecule has 0 aromatic rings. The summed E-state index contributed by atoms with van der Waals surface area (Å²) in [6.45, 7) is 6.08. The average Bonchev–Trinajstić information content (AvgIpc) is 1.99. The van der Waals surface area contributed by atoms with Crippen LogP contribution in [-0.2, 0) is 14.3 Å². The van der Waals surface area contributed by atoms with E-state index in [0.717, 1.165) is 0 Å². The third-order valence-electron chi connectivity index (χ3n) is 1.63. The van der Waals surface area contributed by atoms with Gasteiger partial charge in [0.15, 0.2) is 0 Å². The monoisotopic (exact) mass is 160 g/mol. The molecule has 0 N–H and O–H groups in total. The van der Waals surface area contributed by atoms with Crippen LogP contribution in [0.15, 0.2) is 0 Å². The number of rotatable bonds is 4. The molecule has 0 aromatic carbocycles. The summed E-state index contributed by atoms with van der Waals surface area (Å²) < 4.78 is 9.60. The molecule has 0 rings (SSSR count). The number of esters is 1. The summed E-state index contributed by atoms with van der Waals surface area (Å²) in [5.74, 6) is 0.108. The van der Waals surface area contributed by atoms with E-state index in [1.807, 2.05) is 20.8 Å². The van der Waals surface area contributed by atoms with Crippen molar-refractivity contribution in [3.8, 4) is 0 Å². The van der Waals surface area contributed by atoms with Gasteiger partial charge in [-0.05, 0) is 12.8 Å². The molecule has 0 spiro atoms.